The number of aromatic nitrogens is 6. The van der Waals surface area contributed by atoms with E-state index in [1.54, 1.807) is 43.6 Å². The van der Waals surface area contributed by atoms with Gasteiger partial charge in [0.2, 0.25) is 11.8 Å². The van der Waals surface area contributed by atoms with Crippen molar-refractivity contribution in [2.45, 2.75) is 60.1 Å². The molecule has 15 nitrogen and oxygen atoms in total. The molecule has 0 aliphatic rings. The highest BCUT2D eigenvalue weighted by molar-refractivity contribution is 14.1. The molecule has 31 heteroatoms. The molecule has 0 amide bonds. The van der Waals surface area contributed by atoms with Crippen molar-refractivity contribution < 1.29 is 42.4 Å². The molecule has 0 fully saturated rings. The second-order valence-electron chi connectivity index (χ2n) is 17.4. The molecule has 10 rings (SSSR count). The van der Waals surface area contributed by atoms with Crippen LogP contribution in [0.4, 0.5) is 0 Å². The van der Waals surface area contributed by atoms with E-state index in [1.807, 2.05) is 47.7 Å². The highest BCUT2D eigenvalue weighted by Crippen LogP contribution is 2.61. The van der Waals surface area contributed by atoms with Crippen molar-refractivity contribution in [3.05, 3.63) is 145 Å². The van der Waals surface area contributed by atoms with Crippen LogP contribution in [0.3, 0.4) is 0 Å². The molecule has 0 aromatic carbocycles. The predicted octanol–water partition coefficient (Wildman–Crippen LogP) is 19.8. The molecular formula is C50H46Cl11I2N7O8PSi2+. The molecule has 0 saturated carbocycles. The van der Waals surface area contributed by atoms with E-state index >= 15 is 0 Å². The average Bonchev–Trinajstić information content (AvgIpc) is 4.23. The summed E-state index contributed by atoms with van der Waals surface area (Å²) < 4.78 is 33.8. The van der Waals surface area contributed by atoms with E-state index in [-0.39, 0.29) is 11.5 Å². The Hall–Kier alpha value is -3.18. The number of nitriles is 1. The molecule has 0 saturated heterocycles. The maximum atomic E-state index is 9.62. The Morgan fingerprint density at radius 2 is 1.07 bits per heavy atom. The standard InChI is InChI=1S/C10H11Cl2NOSi.C10H13ClNO2Si.C8H6ClNO.C7H2Cl2INO.C5H3ClINO.C5H4ClNO.C3H4.C2H3N.Cl3OP/c1-15(2,3)8-4-7-10(14-8)9(12)6(11)5-13-7;1-15(2,3)10-5-8-9(14-10)4-7(11)6-12(8)13;1-5-2-7-8(11-5)3-6(9)4-10-7;8-3-2-11-4-1-5(10)12-7(4)6(3)9;6-3-1-4(9)5(7)8-2-3;6-4-1-5(8)3-7-2-4;1-3-2;1-2-3;1-5(2,3)4/h4-5H,1-3H3;4-6,13H,1-3H3;2-4H,1H3;1-2H;1-2,9H;1-3,8H;1H,2H3;1H3;/q;+1;;;;;;;. The van der Waals surface area contributed by atoms with E-state index in [1.165, 1.54) is 50.0 Å². The minimum atomic E-state index is -3.22. The van der Waals surface area contributed by atoms with Crippen molar-refractivity contribution in [1.29, 1.82) is 5.26 Å². The fourth-order valence-electron chi connectivity index (χ4n) is 5.42. The monoisotopic (exact) mass is 1600 g/mol. The van der Waals surface area contributed by atoms with E-state index in [4.69, 9.17) is 126 Å². The number of furan rings is 4. The highest BCUT2D eigenvalue weighted by Gasteiger charge is 2.26. The van der Waals surface area contributed by atoms with Crippen molar-refractivity contribution >= 4 is 248 Å². The van der Waals surface area contributed by atoms with Crippen LogP contribution in [0.15, 0.2) is 110 Å². The Kier molecular flexibility index (Phi) is 31.7. The highest BCUT2D eigenvalue weighted by atomic mass is 127. The number of aryl methyl sites for hydroxylation is 1. The first kappa shape index (κ1) is 73.9. The van der Waals surface area contributed by atoms with E-state index in [9.17, 15) is 9.77 Å². The summed E-state index contributed by atoms with van der Waals surface area (Å²) in [6.07, 6.45) is 15.0. The van der Waals surface area contributed by atoms with Gasteiger partial charge in [0.25, 0.3) is 0 Å². The van der Waals surface area contributed by atoms with Gasteiger partial charge < -0.3 is 27.9 Å². The molecule has 0 aliphatic carbocycles. The summed E-state index contributed by atoms with van der Waals surface area (Å²) in [5.41, 5.74) is 5.55. The van der Waals surface area contributed by atoms with Gasteiger partial charge in [-0.05, 0) is 92.8 Å². The molecule has 10 aromatic heterocycles. The third-order valence-corrected chi connectivity index (χ3v) is 15.9. The summed E-state index contributed by atoms with van der Waals surface area (Å²) in [6, 6.07) is 15.6. The number of rotatable bonds is 2. The number of fused-ring (bicyclic) bond motifs is 4. The van der Waals surface area contributed by atoms with Crippen molar-refractivity contribution in [3.63, 3.8) is 0 Å². The zero-order chi connectivity index (χ0) is 61.7. The van der Waals surface area contributed by atoms with Crippen molar-refractivity contribution in [2.75, 3.05) is 0 Å². The predicted molar refractivity (Wildman–Crippen MR) is 355 cm³/mol. The average molecular weight is 1600 g/mol. The van der Waals surface area contributed by atoms with Crippen LogP contribution in [0.25, 0.3) is 44.4 Å². The quantitative estimate of drug-likeness (QED) is 0.0279. The number of terminal acetylenes is 1. The second kappa shape index (κ2) is 34.7. The summed E-state index contributed by atoms with van der Waals surface area (Å²) in [7, 11) is -2.96. The molecule has 10 aromatic rings. The van der Waals surface area contributed by atoms with Gasteiger partial charge in [-0.3, -0.25) is 29.7 Å². The maximum absolute atomic E-state index is 9.62. The van der Waals surface area contributed by atoms with Crippen LogP contribution in [0.5, 0.6) is 11.5 Å². The van der Waals surface area contributed by atoms with Crippen LogP contribution < -0.4 is 15.5 Å². The Bertz CT molecular complexity index is 3780. The summed E-state index contributed by atoms with van der Waals surface area (Å²) in [5.74, 6) is 3.33. The fourth-order valence-corrected chi connectivity index (χ4v) is 9.49. The summed E-state index contributed by atoms with van der Waals surface area (Å²) in [6.45, 7) is 18.2. The van der Waals surface area contributed by atoms with Crippen LogP contribution in [0.2, 0.25) is 79.5 Å². The number of halogens is 13. The van der Waals surface area contributed by atoms with E-state index in [0.717, 1.165) is 47.2 Å². The summed E-state index contributed by atoms with van der Waals surface area (Å²) >= 11 is 63.8. The van der Waals surface area contributed by atoms with Crippen molar-refractivity contribution in [1.82, 2.24) is 24.9 Å². The van der Waals surface area contributed by atoms with Gasteiger partial charge in [-0.1, -0.05) is 132 Å². The third kappa shape index (κ3) is 26.7. The van der Waals surface area contributed by atoms with Gasteiger partial charge in [-0.2, -0.15) is 5.26 Å². The molecule has 432 valence electrons. The Morgan fingerprint density at radius 3 is 1.56 bits per heavy atom. The Morgan fingerprint density at radius 1 is 0.617 bits per heavy atom. The van der Waals surface area contributed by atoms with Crippen LogP contribution in [-0.2, 0) is 4.57 Å². The van der Waals surface area contributed by atoms with Crippen LogP contribution >= 0.6 is 177 Å². The van der Waals surface area contributed by atoms with Crippen molar-refractivity contribution in [2.24, 2.45) is 0 Å². The van der Waals surface area contributed by atoms with Gasteiger partial charge in [0.1, 0.15) is 68.7 Å². The maximum Gasteiger partial charge on any atom is 0.339 e. The van der Waals surface area contributed by atoms with Gasteiger partial charge in [0, 0.05) is 85.1 Å². The lowest BCUT2D eigenvalue weighted by Gasteiger charge is -2.10. The van der Waals surface area contributed by atoms with Crippen LogP contribution in [-0.4, -0.2) is 56.5 Å². The molecule has 0 aliphatic heterocycles. The zero-order valence-corrected chi connectivity index (χ0v) is 59.1. The molecule has 0 unspecified atom stereocenters. The van der Waals surface area contributed by atoms with Crippen LogP contribution in [0.1, 0.15) is 19.6 Å². The van der Waals surface area contributed by atoms with Gasteiger partial charge in [0.15, 0.2) is 20.5 Å². The zero-order valence-electron chi connectivity index (χ0n) is 43.6. The molecule has 81 heavy (non-hydrogen) atoms. The molecule has 0 atom stereocenters. The summed E-state index contributed by atoms with van der Waals surface area (Å²) in [4.78, 5) is 19.7. The molecule has 3 N–H and O–H groups in total. The van der Waals surface area contributed by atoms with Crippen LogP contribution in [0, 0.1) is 38.1 Å². The first-order valence-electron chi connectivity index (χ1n) is 22.2. The third-order valence-electron chi connectivity index (χ3n) is 8.76. The number of nitrogens with zero attached hydrogens (tertiary/aromatic N) is 7. The van der Waals surface area contributed by atoms with Crippen molar-refractivity contribution in [3.8, 4) is 29.9 Å². The first-order chi connectivity index (χ1) is 37.5. The Balaban J connectivity index is 0.000000323. The molecule has 10 heterocycles. The lowest BCUT2D eigenvalue weighted by molar-refractivity contribution is -0.884. The van der Waals surface area contributed by atoms with Gasteiger partial charge in [-0.15, -0.1) is 12.3 Å². The smallest absolute Gasteiger partial charge is 0.339 e. The Labute approximate surface area is 550 Å². The first-order valence-corrected chi connectivity index (χ1v) is 38.8. The number of aromatic hydroxyl groups is 2. The lowest BCUT2D eigenvalue weighted by Crippen LogP contribution is -2.36. The molecule has 0 spiro atoms. The fraction of sp³-hybridized carbons (Fsp3) is 0.180. The largest absolute Gasteiger partial charge is 0.506 e. The van der Waals surface area contributed by atoms with Gasteiger partial charge in [0.05, 0.1) is 54.2 Å². The van der Waals surface area contributed by atoms with Gasteiger partial charge >= 0.3 is 10.7 Å². The minimum absolute atomic E-state index is 0.0949. The topological polar surface area (TPSA) is 222 Å². The van der Waals surface area contributed by atoms with Gasteiger partial charge in [-0.25, -0.2) is 4.98 Å². The molecule has 0 radical (unpaired) electrons. The number of hydrogen-bond donors (Lipinski definition) is 3. The SMILES string of the molecule is C#CC.CC#N.C[Si](C)(C)c1cc2c(cc(Cl)c[n+]2O)o1.C[Si](C)(C)c1cc2ncc(Cl)c(Cl)c2o1.Cc1cc2ncc(Cl)cc2o1.Clc1cnc2cc(I)oc2c1Cl.O=P(Cl)(Cl)Cl.Oc1cc(Cl)cnc1I.Oc1cncc(Cl)c1. The number of pyridine rings is 6. The summed E-state index contributed by atoms with van der Waals surface area (Å²) in [5, 5.41) is 37.0. The van der Waals surface area contributed by atoms with E-state index in [2.05, 4.69) is 133 Å². The normalized spacial score (nSPS) is 10.5. The number of hydrogen-bond acceptors (Lipinski definition) is 14. The second-order valence-corrected chi connectivity index (χ2v) is 39.4. The van der Waals surface area contributed by atoms with E-state index < -0.39 is 21.3 Å². The minimum Gasteiger partial charge on any atom is -0.506 e. The molecule has 0 bridgehead atoms. The lowest BCUT2D eigenvalue weighted by atomic mass is 10.4. The van der Waals surface area contributed by atoms with E-state index in [0.29, 0.717) is 66.1 Å². The molecular weight excluding hydrogens is 1560 g/mol.